The van der Waals surface area contributed by atoms with Gasteiger partial charge in [-0.1, -0.05) is 84.4 Å². The molecule has 0 atom stereocenters. The van der Waals surface area contributed by atoms with E-state index in [0.717, 1.165) is 22.1 Å². The summed E-state index contributed by atoms with van der Waals surface area (Å²) in [4.78, 5) is 12.7. The van der Waals surface area contributed by atoms with E-state index in [1.807, 2.05) is 78.9 Å². The summed E-state index contributed by atoms with van der Waals surface area (Å²) < 4.78 is 5.56. The molecule has 0 aliphatic heterocycles. The molecular formula is C24H18O2. The largest absolute Gasteiger partial charge is 0.422 e. The van der Waals surface area contributed by atoms with Gasteiger partial charge in [0.05, 0.1) is 5.56 Å². The van der Waals surface area contributed by atoms with Gasteiger partial charge in [0, 0.05) is 10.9 Å². The van der Waals surface area contributed by atoms with E-state index in [1.165, 1.54) is 5.56 Å². The smallest absolute Gasteiger partial charge is 0.344 e. The van der Waals surface area contributed by atoms with Crippen molar-refractivity contribution in [3.63, 3.8) is 0 Å². The second-order valence-corrected chi connectivity index (χ2v) is 6.28. The SMILES string of the molecule is Cc1ccc(/C=C/c2c(-c3ccccc3)c3ccccc3oc2=O)cc1. The minimum Gasteiger partial charge on any atom is -0.422 e. The first-order valence-electron chi connectivity index (χ1n) is 8.58. The monoisotopic (exact) mass is 338 g/mol. The molecule has 0 unspecified atom stereocenters. The summed E-state index contributed by atoms with van der Waals surface area (Å²) in [6.45, 7) is 2.05. The van der Waals surface area contributed by atoms with E-state index in [4.69, 9.17) is 4.42 Å². The van der Waals surface area contributed by atoms with E-state index >= 15 is 0 Å². The Bertz CT molecular complexity index is 1130. The number of hydrogen-bond acceptors (Lipinski definition) is 2. The highest BCUT2D eigenvalue weighted by molar-refractivity contribution is 5.98. The molecule has 4 rings (SSSR count). The summed E-state index contributed by atoms with van der Waals surface area (Å²) in [5, 5.41) is 0.932. The van der Waals surface area contributed by atoms with Crippen LogP contribution < -0.4 is 5.63 Å². The molecule has 0 saturated heterocycles. The lowest BCUT2D eigenvalue weighted by molar-refractivity contribution is 0.560. The van der Waals surface area contributed by atoms with E-state index in [0.29, 0.717) is 11.1 Å². The summed E-state index contributed by atoms with van der Waals surface area (Å²) in [6, 6.07) is 25.8. The van der Waals surface area contributed by atoms with Crippen molar-refractivity contribution < 1.29 is 4.42 Å². The molecule has 0 bridgehead atoms. The van der Waals surface area contributed by atoms with Gasteiger partial charge in [0.2, 0.25) is 0 Å². The Morgan fingerprint density at radius 3 is 2.23 bits per heavy atom. The highest BCUT2D eigenvalue weighted by Crippen LogP contribution is 2.31. The maximum absolute atomic E-state index is 12.7. The molecule has 0 saturated carbocycles. The molecule has 0 N–H and O–H groups in total. The van der Waals surface area contributed by atoms with Gasteiger partial charge in [-0.25, -0.2) is 4.79 Å². The molecule has 2 heteroatoms. The lowest BCUT2D eigenvalue weighted by atomic mass is 9.96. The normalized spacial score (nSPS) is 11.3. The Kier molecular flexibility index (Phi) is 4.24. The van der Waals surface area contributed by atoms with Crippen molar-refractivity contribution >= 4 is 23.1 Å². The van der Waals surface area contributed by atoms with Gasteiger partial charge in [0.25, 0.3) is 0 Å². The predicted octanol–water partition coefficient (Wildman–Crippen LogP) is 5.94. The van der Waals surface area contributed by atoms with Crippen LogP contribution >= 0.6 is 0 Å². The number of aryl methyl sites for hydroxylation is 1. The van der Waals surface area contributed by atoms with Crippen molar-refractivity contribution in [3.05, 3.63) is 106 Å². The Balaban J connectivity index is 1.95. The summed E-state index contributed by atoms with van der Waals surface area (Å²) in [5.74, 6) is 0. The number of hydrogen-bond donors (Lipinski definition) is 0. The van der Waals surface area contributed by atoms with Crippen LogP contribution in [0.5, 0.6) is 0 Å². The van der Waals surface area contributed by atoms with Gasteiger partial charge in [0.1, 0.15) is 5.58 Å². The Hall–Kier alpha value is -3.39. The van der Waals surface area contributed by atoms with Crippen molar-refractivity contribution in [2.75, 3.05) is 0 Å². The second kappa shape index (κ2) is 6.85. The number of benzene rings is 3. The Morgan fingerprint density at radius 1 is 0.769 bits per heavy atom. The molecule has 1 heterocycles. The van der Waals surface area contributed by atoms with Crippen LogP contribution in [-0.2, 0) is 0 Å². The molecule has 0 amide bonds. The maximum atomic E-state index is 12.7. The van der Waals surface area contributed by atoms with Gasteiger partial charge in [0.15, 0.2) is 0 Å². The average molecular weight is 338 g/mol. The topological polar surface area (TPSA) is 30.2 Å². The molecule has 126 valence electrons. The first-order chi connectivity index (χ1) is 12.7. The van der Waals surface area contributed by atoms with Crippen molar-refractivity contribution in [1.29, 1.82) is 0 Å². The zero-order chi connectivity index (χ0) is 17.9. The fourth-order valence-electron chi connectivity index (χ4n) is 3.09. The zero-order valence-corrected chi connectivity index (χ0v) is 14.5. The fraction of sp³-hybridized carbons (Fsp3) is 0.0417. The van der Waals surface area contributed by atoms with Gasteiger partial charge in [-0.3, -0.25) is 0 Å². The number of rotatable bonds is 3. The first-order valence-corrected chi connectivity index (χ1v) is 8.58. The Morgan fingerprint density at radius 2 is 1.46 bits per heavy atom. The van der Waals surface area contributed by atoms with Gasteiger partial charge in [-0.2, -0.15) is 0 Å². The van der Waals surface area contributed by atoms with E-state index in [1.54, 1.807) is 0 Å². The van der Waals surface area contributed by atoms with Crippen LogP contribution in [0, 0.1) is 6.92 Å². The fourth-order valence-corrected chi connectivity index (χ4v) is 3.09. The predicted molar refractivity (Wildman–Crippen MR) is 108 cm³/mol. The van der Waals surface area contributed by atoms with E-state index in [-0.39, 0.29) is 5.63 Å². The van der Waals surface area contributed by atoms with Gasteiger partial charge in [-0.05, 0) is 30.2 Å². The third-order valence-electron chi connectivity index (χ3n) is 4.43. The van der Waals surface area contributed by atoms with E-state index in [2.05, 4.69) is 19.1 Å². The maximum Gasteiger partial charge on any atom is 0.344 e. The quantitative estimate of drug-likeness (QED) is 0.433. The van der Waals surface area contributed by atoms with Crippen LogP contribution in [-0.4, -0.2) is 0 Å². The summed E-state index contributed by atoms with van der Waals surface area (Å²) in [7, 11) is 0. The van der Waals surface area contributed by atoms with Crippen LogP contribution in [0.25, 0.3) is 34.2 Å². The third kappa shape index (κ3) is 3.09. The Labute approximate surface area is 152 Å². The highest BCUT2D eigenvalue weighted by Gasteiger charge is 2.13. The first kappa shape index (κ1) is 16.1. The molecule has 0 aliphatic carbocycles. The van der Waals surface area contributed by atoms with Crippen LogP contribution in [0.4, 0.5) is 0 Å². The molecule has 2 nitrogen and oxygen atoms in total. The highest BCUT2D eigenvalue weighted by atomic mass is 16.4. The van der Waals surface area contributed by atoms with Crippen LogP contribution in [0.2, 0.25) is 0 Å². The molecule has 4 aromatic rings. The summed E-state index contributed by atoms with van der Waals surface area (Å²) in [6.07, 6.45) is 3.80. The third-order valence-corrected chi connectivity index (χ3v) is 4.43. The molecule has 1 aromatic heterocycles. The van der Waals surface area contributed by atoms with E-state index < -0.39 is 0 Å². The molecular weight excluding hydrogens is 320 g/mol. The van der Waals surface area contributed by atoms with Crippen LogP contribution in [0.3, 0.4) is 0 Å². The van der Waals surface area contributed by atoms with Crippen molar-refractivity contribution in [2.24, 2.45) is 0 Å². The minimum atomic E-state index is -0.328. The van der Waals surface area contributed by atoms with Crippen LogP contribution in [0.1, 0.15) is 16.7 Å². The van der Waals surface area contributed by atoms with Gasteiger partial charge in [-0.15, -0.1) is 0 Å². The number of para-hydroxylation sites is 1. The molecule has 0 aliphatic rings. The molecule has 0 fully saturated rings. The van der Waals surface area contributed by atoms with Crippen molar-refractivity contribution in [3.8, 4) is 11.1 Å². The standard InChI is InChI=1S/C24H18O2/c1-17-11-13-18(14-12-17)15-16-21-23(19-7-3-2-4-8-19)20-9-5-6-10-22(20)26-24(21)25/h2-16H,1H3/b16-15+. The lowest BCUT2D eigenvalue weighted by Gasteiger charge is -2.09. The summed E-state index contributed by atoms with van der Waals surface area (Å²) >= 11 is 0. The lowest BCUT2D eigenvalue weighted by Crippen LogP contribution is -2.06. The molecule has 0 spiro atoms. The van der Waals surface area contributed by atoms with Gasteiger partial charge >= 0.3 is 5.63 Å². The average Bonchev–Trinajstić information content (AvgIpc) is 2.68. The summed E-state index contributed by atoms with van der Waals surface area (Å²) in [5.41, 5.74) is 4.99. The second-order valence-electron chi connectivity index (χ2n) is 6.28. The van der Waals surface area contributed by atoms with Gasteiger partial charge < -0.3 is 4.42 Å². The van der Waals surface area contributed by atoms with Crippen molar-refractivity contribution in [1.82, 2.24) is 0 Å². The van der Waals surface area contributed by atoms with Crippen LogP contribution in [0.15, 0.2) is 88.1 Å². The molecule has 0 radical (unpaired) electrons. The molecule has 3 aromatic carbocycles. The molecule has 26 heavy (non-hydrogen) atoms. The minimum absolute atomic E-state index is 0.328. The van der Waals surface area contributed by atoms with E-state index in [9.17, 15) is 4.79 Å². The number of fused-ring (bicyclic) bond motifs is 1. The van der Waals surface area contributed by atoms with Crippen molar-refractivity contribution in [2.45, 2.75) is 6.92 Å². The zero-order valence-electron chi connectivity index (χ0n) is 14.5.